The molecule has 0 aromatic heterocycles. The molecule has 4 nitrogen and oxygen atoms in total. The molecule has 0 rings (SSSR count). The topological polar surface area (TPSA) is 44.8 Å². The van der Waals surface area contributed by atoms with Gasteiger partial charge >= 0.3 is 29.6 Å². The van der Waals surface area contributed by atoms with E-state index in [0.717, 1.165) is 0 Å². The van der Waals surface area contributed by atoms with Gasteiger partial charge in [-0.2, -0.15) is 4.33 Å². The molecule has 0 saturated carbocycles. The van der Waals surface area contributed by atoms with Crippen molar-refractivity contribution in [3.63, 3.8) is 0 Å². The number of hydrogen-bond donors (Lipinski definition) is 0. The van der Waals surface area contributed by atoms with Gasteiger partial charge < -0.3 is 10.2 Å². The molecule has 52 valence electrons. The van der Waals surface area contributed by atoms with Crippen LogP contribution in [0.3, 0.4) is 0 Å². The zero-order chi connectivity index (χ0) is 7.11. The molecule has 10 heavy (non-hydrogen) atoms. The molecular weight excluding hydrogens is 165 g/mol. The summed E-state index contributed by atoms with van der Waals surface area (Å²) in [6.45, 7) is 0. The summed E-state index contributed by atoms with van der Waals surface area (Å²) < 4.78 is 3.84. The minimum atomic E-state index is 0. The van der Waals surface area contributed by atoms with Crippen molar-refractivity contribution >= 4 is 12.0 Å². The van der Waals surface area contributed by atoms with Crippen molar-refractivity contribution in [2.24, 2.45) is 0 Å². The zero-order valence-electron chi connectivity index (χ0n) is 6.08. The van der Waals surface area contributed by atoms with Gasteiger partial charge in [-0.25, -0.2) is 0 Å². The van der Waals surface area contributed by atoms with Crippen LogP contribution in [-0.2, 0) is 9.37 Å². The van der Waals surface area contributed by atoms with Gasteiger partial charge in [-0.3, -0.25) is 5.04 Å². The maximum Gasteiger partial charge on any atom is 1.00 e. The minimum absolute atomic E-state index is 0. The fourth-order valence-corrected chi connectivity index (χ4v) is 0.422. The van der Waals surface area contributed by atoms with Crippen LogP contribution < -0.4 is 34.8 Å². The molecule has 0 unspecified atom stereocenters. The van der Waals surface area contributed by atoms with Crippen molar-refractivity contribution in [1.82, 2.24) is 4.90 Å². The van der Waals surface area contributed by atoms with E-state index in [4.69, 9.17) is 5.26 Å². The van der Waals surface area contributed by atoms with Gasteiger partial charge in [-0.15, -0.1) is 0 Å². The van der Waals surface area contributed by atoms with Crippen LogP contribution in [0.15, 0.2) is 0 Å². The van der Waals surface area contributed by atoms with E-state index in [2.05, 4.69) is 20.7 Å². The number of rotatable bonds is 2. The normalized spacial score (nSPS) is 7.10. The van der Waals surface area contributed by atoms with E-state index in [1.54, 1.807) is 19.0 Å². The molecule has 0 aromatic carbocycles. The Hall–Kier alpha value is 0.590. The van der Waals surface area contributed by atoms with Crippen LogP contribution in [0.25, 0.3) is 0 Å². The molecule has 0 amide bonds. The van der Waals surface area contributed by atoms with E-state index in [9.17, 15) is 0 Å². The predicted molar refractivity (Wildman–Crippen MR) is 31.2 cm³/mol. The SMILES string of the molecule is CN(C)C#CSOO[O-].[Na+]. The van der Waals surface area contributed by atoms with E-state index in [1.165, 1.54) is 0 Å². The number of hydrogen-bond acceptors (Lipinski definition) is 5. The van der Waals surface area contributed by atoms with Crippen LogP contribution in [0.2, 0.25) is 0 Å². The Bertz CT molecular complexity index is 121. The maximum atomic E-state index is 9.15. The van der Waals surface area contributed by atoms with Gasteiger partial charge in [-0.05, 0) is 0 Å². The molecule has 0 N–H and O–H groups in total. The third-order valence-corrected chi connectivity index (χ3v) is 0.671. The predicted octanol–water partition coefficient (Wildman–Crippen LogP) is -3.66. The molecule has 0 atom stereocenters. The molecule has 0 bridgehead atoms. The van der Waals surface area contributed by atoms with E-state index in [1.807, 2.05) is 0 Å². The second kappa shape index (κ2) is 9.59. The minimum Gasteiger partial charge on any atom is -0.691 e. The molecule has 0 spiro atoms. The molecule has 0 aromatic rings. The molecule has 0 heterocycles. The third-order valence-electron chi connectivity index (χ3n) is 0.373. The Labute approximate surface area is 86.2 Å². The van der Waals surface area contributed by atoms with Crippen LogP contribution in [0.5, 0.6) is 0 Å². The van der Waals surface area contributed by atoms with Crippen molar-refractivity contribution in [3.05, 3.63) is 0 Å². The van der Waals surface area contributed by atoms with Gasteiger partial charge in [-0.1, -0.05) is 0 Å². The summed E-state index contributed by atoms with van der Waals surface area (Å²) in [5.41, 5.74) is 0. The summed E-state index contributed by atoms with van der Waals surface area (Å²) in [4.78, 5) is 1.63. The van der Waals surface area contributed by atoms with Crippen molar-refractivity contribution in [2.45, 2.75) is 0 Å². The molecule has 6 heteroatoms. The van der Waals surface area contributed by atoms with E-state index >= 15 is 0 Å². The van der Waals surface area contributed by atoms with E-state index in [0.29, 0.717) is 12.0 Å². The Balaban J connectivity index is 0. The Morgan fingerprint density at radius 2 is 2.10 bits per heavy atom. The molecule has 0 fully saturated rings. The first-order valence-electron chi connectivity index (χ1n) is 2.07. The van der Waals surface area contributed by atoms with Gasteiger partial charge in [0.05, 0.1) is 0 Å². The Kier molecular flexibility index (Phi) is 12.7. The molecule has 0 saturated heterocycles. The van der Waals surface area contributed by atoms with Gasteiger partial charge in [0.2, 0.25) is 0 Å². The first-order chi connectivity index (χ1) is 4.27. The fraction of sp³-hybridized carbons (Fsp3) is 0.500. The van der Waals surface area contributed by atoms with Crippen LogP contribution in [0, 0.1) is 11.3 Å². The summed E-state index contributed by atoms with van der Waals surface area (Å²) in [6, 6.07) is 2.58. The zero-order valence-corrected chi connectivity index (χ0v) is 8.90. The summed E-state index contributed by atoms with van der Waals surface area (Å²) in [6.07, 6.45) is 0. The van der Waals surface area contributed by atoms with Crippen molar-refractivity contribution in [1.29, 1.82) is 0 Å². The first-order valence-corrected chi connectivity index (χ1v) is 2.81. The van der Waals surface area contributed by atoms with Gasteiger partial charge in [0, 0.05) is 25.4 Å². The van der Waals surface area contributed by atoms with Crippen LogP contribution in [0.1, 0.15) is 0 Å². The molecule has 0 aliphatic rings. The standard InChI is InChI=1S/C4H7NO3S.Na/c1-5(2)3-4-9-8-7-6;/h6H,1-2H3;/q;+1/p-1. The quantitative estimate of drug-likeness (QED) is 0.0815. The van der Waals surface area contributed by atoms with Crippen LogP contribution in [0.4, 0.5) is 0 Å². The Morgan fingerprint density at radius 1 is 1.50 bits per heavy atom. The average Bonchev–Trinajstić information content (AvgIpc) is 1.80. The second-order valence-electron chi connectivity index (χ2n) is 1.33. The van der Waals surface area contributed by atoms with Crippen molar-refractivity contribution in [2.75, 3.05) is 14.1 Å². The fourth-order valence-electron chi connectivity index (χ4n) is 0.141. The van der Waals surface area contributed by atoms with E-state index in [-0.39, 0.29) is 29.6 Å². The summed E-state index contributed by atoms with van der Waals surface area (Å²) in [7, 11) is 3.54. The molecule has 0 aliphatic carbocycles. The third kappa shape index (κ3) is 11.4. The summed E-state index contributed by atoms with van der Waals surface area (Å²) in [5, 5.41) is 14.6. The van der Waals surface area contributed by atoms with Crippen molar-refractivity contribution in [3.8, 4) is 11.3 Å². The maximum absolute atomic E-state index is 9.15. The average molecular weight is 171 g/mol. The van der Waals surface area contributed by atoms with Gasteiger partial charge in [0.1, 0.15) is 12.0 Å². The summed E-state index contributed by atoms with van der Waals surface area (Å²) >= 11 is 0.644. The first kappa shape index (κ1) is 13.2. The van der Waals surface area contributed by atoms with E-state index < -0.39 is 0 Å². The van der Waals surface area contributed by atoms with Crippen molar-refractivity contribution < 1.29 is 44.2 Å². The summed E-state index contributed by atoms with van der Waals surface area (Å²) in [5.74, 6) is 0. The monoisotopic (exact) mass is 171 g/mol. The molecular formula is C4H6NNaO3S. The largest absolute Gasteiger partial charge is 1.00 e. The van der Waals surface area contributed by atoms with Crippen LogP contribution in [-0.4, -0.2) is 19.0 Å². The van der Waals surface area contributed by atoms with Gasteiger partial charge in [0.15, 0.2) is 0 Å². The smallest absolute Gasteiger partial charge is 0.691 e. The van der Waals surface area contributed by atoms with Crippen LogP contribution >= 0.6 is 12.0 Å². The number of nitrogens with zero attached hydrogens (tertiary/aromatic N) is 1. The Morgan fingerprint density at radius 3 is 2.50 bits per heavy atom. The van der Waals surface area contributed by atoms with Gasteiger partial charge in [0.25, 0.3) is 0 Å². The molecule has 0 aliphatic heterocycles. The second-order valence-corrected chi connectivity index (χ2v) is 1.83. The molecule has 0 radical (unpaired) electrons.